The third-order valence-electron chi connectivity index (χ3n) is 2.95. The van der Waals surface area contributed by atoms with Gasteiger partial charge in [-0.05, 0) is 57.6 Å². The fourth-order valence-electron chi connectivity index (χ4n) is 1.90. The Hall–Kier alpha value is -0.910. The smallest absolute Gasteiger partial charge is 0.146 e. The second-order valence-electron chi connectivity index (χ2n) is 4.61. The van der Waals surface area contributed by atoms with Crippen LogP contribution in [0.4, 0.5) is 10.1 Å². The van der Waals surface area contributed by atoms with E-state index in [0.29, 0.717) is 12.2 Å². The van der Waals surface area contributed by atoms with Crippen molar-refractivity contribution in [3.05, 3.63) is 50.4 Å². The Bertz CT molecular complexity index is 568. The Labute approximate surface area is 125 Å². The molecule has 1 aromatic heterocycles. The molecule has 1 heterocycles. The average molecular weight is 343 g/mol. The van der Waals surface area contributed by atoms with Crippen molar-refractivity contribution in [3.63, 3.8) is 0 Å². The van der Waals surface area contributed by atoms with Crippen molar-refractivity contribution in [3.8, 4) is 0 Å². The van der Waals surface area contributed by atoms with Gasteiger partial charge >= 0.3 is 0 Å². The number of nitrogens with two attached hydrogens (primary N) is 1. The Morgan fingerprint density at radius 1 is 1.42 bits per heavy atom. The molecular formula is C14H16BrFN2S. The second-order valence-corrected chi connectivity index (χ2v) is 6.91. The highest BCUT2D eigenvalue weighted by atomic mass is 79.9. The largest absolute Gasteiger partial charge is 0.368 e. The summed E-state index contributed by atoms with van der Waals surface area (Å²) < 4.78 is 15.2. The van der Waals surface area contributed by atoms with Gasteiger partial charge in [-0.1, -0.05) is 6.07 Å². The van der Waals surface area contributed by atoms with Gasteiger partial charge in [0.25, 0.3) is 0 Å². The monoisotopic (exact) mass is 342 g/mol. The van der Waals surface area contributed by atoms with Gasteiger partial charge in [-0.15, -0.1) is 11.3 Å². The van der Waals surface area contributed by atoms with Crippen molar-refractivity contribution >= 4 is 33.0 Å². The van der Waals surface area contributed by atoms with Crippen molar-refractivity contribution in [2.75, 3.05) is 11.9 Å². The molecular weight excluding hydrogens is 327 g/mol. The van der Waals surface area contributed by atoms with Gasteiger partial charge in [0, 0.05) is 19.6 Å². The summed E-state index contributed by atoms with van der Waals surface area (Å²) in [4.78, 5) is 1.90. The lowest BCUT2D eigenvalue weighted by molar-refractivity contribution is 0.617. The van der Waals surface area contributed by atoms with E-state index in [1.807, 2.05) is 24.9 Å². The minimum atomic E-state index is -0.230. The molecule has 0 amide bonds. The van der Waals surface area contributed by atoms with Crippen molar-refractivity contribution in [2.45, 2.75) is 19.5 Å². The Balaban J connectivity index is 2.17. The lowest BCUT2D eigenvalue weighted by Gasteiger charge is -2.20. The van der Waals surface area contributed by atoms with E-state index >= 15 is 0 Å². The summed E-state index contributed by atoms with van der Waals surface area (Å²) >= 11 is 5.06. The second kappa shape index (κ2) is 6.03. The van der Waals surface area contributed by atoms with Crippen molar-refractivity contribution < 1.29 is 4.39 Å². The molecule has 102 valence electrons. The predicted molar refractivity (Wildman–Crippen MR) is 83.1 cm³/mol. The molecule has 0 radical (unpaired) electrons. The standard InChI is InChI=1S/C14H16BrFN2S/c1-9(17)11-3-4-13(12(16)6-11)18(2)7-10-5-14(15)19-8-10/h3-6,8-9H,7,17H2,1-2H3/t9-/m1/s1. The first-order valence-corrected chi connectivity index (χ1v) is 7.63. The highest BCUT2D eigenvalue weighted by molar-refractivity contribution is 9.11. The zero-order valence-corrected chi connectivity index (χ0v) is 13.3. The zero-order chi connectivity index (χ0) is 14.0. The fraction of sp³-hybridized carbons (Fsp3) is 0.286. The maximum atomic E-state index is 14.1. The van der Waals surface area contributed by atoms with Crippen LogP contribution in [0.15, 0.2) is 33.4 Å². The molecule has 2 aromatic rings. The zero-order valence-electron chi connectivity index (χ0n) is 10.9. The van der Waals surface area contributed by atoms with E-state index in [9.17, 15) is 4.39 Å². The topological polar surface area (TPSA) is 29.3 Å². The molecule has 0 aliphatic carbocycles. The number of nitrogens with zero attached hydrogens (tertiary/aromatic N) is 1. The summed E-state index contributed by atoms with van der Waals surface area (Å²) in [6.07, 6.45) is 0. The van der Waals surface area contributed by atoms with Gasteiger partial charge in [-0.25, -0.2) is 4.39 Å². The van der Waals surface area contributed by atoms with Crippen molar-refractivity contribution in [1.82, 2.24) is 0 Å². The number of hydrogen-bond donors (Lipinski definition) is 1. The Morgan fingerprint density at radius 2 is 2.16 bits per heavy atom. The molecule has 0 spiro atoms. The van der Waals surface area contributed by atoms with Crippen LogP contribution >= 0.6 is 27.3 Å². The lowest BCUT2D eigenvalue weighted by atomic mass is 10.1. The molecule has 1 aromatic carbocycles. The number of thiophene rings is 1. The minimum Gasteiger partial charge on any atom is -0.368 e. The first-order valence-electron chi connectivity index (χ1n) is 5.96. The predicted octanol–water partition coefficient (Wildman–Crippen LogP) is 4.31. The SMILES string of the molecule is C[C@@H](N)c1ccc(N(C)Cc2csc(Br)c2)c(F)c1. The molecule has 0 saturated heterocycles. The van der Waals surface area contributed by atoms with Crippen molar-refractivity contribution in [1.29, 1.82) is 0 Å². The van der Waals surface area contributed by atoms with E-state index in [-0.39, 0.29) is 11.9 Å². The van der Waals surface area contributed by atoms with Crippen LogP contribution in [0.25, 0.3) is 0 Å². The average Bonchev–Trinajstić information content (AvgIpc) is 2.74. The maximum absolute atomic E-state index is 14.1. The molecule has 0 saturated carbocycles. The molecule has 2 N–H and O–H groups in total. The third kappa shape index (κ3) is 3.55. The van der Waals surface area contributed by atoms with E-state index in [0.717, 1.165) is 14.9 Å². The number of benzene rings is 1. The molecule has 0 unspecified atom stereocenters. The first kappa shape index (κ1) is 14.5. The number of rotatable bonds is 4. The number of halogens is 2. The van der Waals surface area contributed by atoms with Crippen LogP contribution in [0.2, 0.25) is 0 Å². The molecule has 0 aliphatic heterocycles. The van der Waals surface area contributed by atoms with Crippen LogP contribution in [0.5, 0.6) is 0 Å². The molecule has 0 fully saturated rings. The summed E-state index contributed by atoms with van der Waals surface area (Å²) in [6, 6.07) is 7.08. The summed E-state index contributed by atoms with van der Waals surface area (Å²) in [5.74, 6) is -0.230. The summed E-state index contributed by atoms with van der Waals surface area (Å²) in [7, 11) is 1.88. The molecule has 0 aliphatic rings. The number of hydrogen-bond acceptors (Lipinski definition) is 3. The highest BCUT2D eigenvalue weighted by Crippen LogP contribution is 2.26. The van der Waals surface area contributed by atoms with Crippen LogP contribution in [0.3, 0.4) is 0 Å². The molecule has 0 bridgehead atoms. The van der Waals surface area contributed by atoms with E-state index in [1.165, 1.54) is 6.07 Å². The van der Waals surface area contributed by atoms with Gasteiger partial charge in [0.15, 0.2) is 0 Å². The molecule has 19 heavy (non-hydrogen) atoms. The van der Waals surface area contributed by atoms with E-state index in [4.69, 9.17) is 5.73 Å². The van der Waals surface area contributed by atoms with Crippen LogP contribution in [0.1, 0.15) is 24.1 Å². The van der Waals surface area contributed by atoms with Gasteiger partial charge in [0.2, 0.25) is 0 Å². The highest BCUT2D eigenvalue weighted by Gasteiger charge is 2.11. The maximum Gasteiger partial charge on any atom is 0.146 e. The van der Waals surface area contributed by atoms with Crippen LogP contribution in [0, 0.1) is 5.82 Å². The van der Waals surface area contributed by atoms with Gasteiger partial charge in [-0.2, -0.15) is 0 Å². The van der Waals surface area contributed by atoms with Crippen LogP contribution in [-0.4, -0.2) is 7.05 Å². The lowest BCUT2D eigenvalue weighted by Crippen LogP contribution is -2.17. The summed E-state index contributed by atoms with van der Waals surface area (Å²) in [6.45, 7) is 2.53. The molecule has 1 atom stereocenters. The Morgan fingerprint density at radius 3 is 2.68 bits per heavy atom. The molecule has 2 rings (SSSR count). The van der Waals surface area contributed by atoms with E-state index in [1.54, 1.807) is 17.4 Å². The van der Waals surface area contributed by atoms with E-state index in [2.05, 4.69) is 27.4 Å². The Kier molecular flexibility index (Phi) is 4.60. The minimum absolute atomic E-state index is 0.151. The summed E-state index contributed by atoms with van der Waals surface area (Å²) in [5, 5.41) is 2.06. The van der Waals surface area contributed by atoms with Crippen LogP contribution in [-0.2, 0) is 6.54 Å². The third-order valence-corrected chi connectivity index (χ3v) is 4.50. The normalized spacial score (nSPS) is 12.5. The quantitative estimate of drug-likeness (QED) is 0.897. The number of anilines is 1. The molecule has 2 nitrogen and oxygen atoms in total. The van der Waals surface area contributed by atoms with Gasteiger partial charge in [0.05, 0.1) is 9.47 Å². The molecule has 5 heteroatoms. The first-order chi connectivity index (χ1) is 8.97. The van der Waals surface area contributed by atoms with Gasteiger partial charge < -0.3 is 10.6 Å². The van der Waals surface area contributed by atoms with E-state index < -0.39 is 0 Å². The van der Waals surface area contributed by atoms with Crippen molar-refractivity contribution in [2.24, 2.45) is 5.73 Å². The van der Waals surface area contributed by atoms with Gasteiger partial charge in [0.1, 0.15) is 5.82 Å². The van der Waals surface area contributed by atoms with Gasteiger partial charge in [-0.3, -0.25) is 0 Å². The summed E-state index contributed by atoms with van der Waals surface area (Å²) in [5.41, 5.74) is 8.32. The fourth-order valence-corrected chi connectivity index (χ4v) is 3.10. The van der Waals surface area contributed by atoms with Crippen LogP contribution < -0.4 is 10.6 Å².